The molecule has 2 atom stereocenters. The van der Waals surface area contributed by atoms with Crippen LogP contribution in [0.2, 0.25) is 0 Å². The second-order valence-electron chi connectivity index (χ2n) is 9.11. The van der Waals surface area contributed by atoms with Crippen molar-refractivity contribution in [1.29, 1.82) is 0 Å². The Hall–Kier alpha value is -4.02. The van der Waals surface area contributed by atoms with Gasteiger partial charge in [0.2, 0.25) is 0 Å². The maximum Gasteiger partial charge on any atom is 0.270 e. The lowest BCUT2D eigenvalue weighted by atomic mass is 10.1. The van der Waals surface area contributed by atoms with Crippen molar-refractivity contribution >= 4 is 33.8 Å². The van der Waals surface area contributed by atoms with Gasteiger partial charge < -0.3 is 9.64 Å². The Kier molecular flexibility index (Phi) is 6.21. The van der Waals surface area contributed by atoms with E-state index in [1.807, 2.05) is 42.5 Å². The molecule has 0 bridgehead atoms. The molecule has 0 aliphatic carbocycles. The third-order valence-electron chi connectivity index (χ3n) is 6.54. The molecule has 0 saturated carbocycles. The second kappa shape index (κ2) is 9.70. The van der Waals surface area contributed by atoms with E-state index < -0.39 is 12.3 Å². The lowest BCUT2D eigenvalue weighted by Crippen LogP contribution is -2.33. The largest absolute Gasteiger partial charge is 0.339 e. The summed E-state index contributed by atoms with van der Waals surface area (Å²) in [5.41, 5.74) is 3.27. The molecule has 0 unspecified atom stereocenters. The molecule has 6 rings (SSSR count). The highest BCUT2D eigenvalue weighted by Gasteiger charge is 2.41. The highest BCUT2D eigenvalue weighted by molar-refractivity contribution is 9.10. The average Bonchev–Trinajstić information content (AvgIpc) is 3.58. The van der Waals surface area contributed by atoms with Crippen LogP contribution in [0.15, 0.2) is 76.2 Å². The predicted molar refractivity (Wildman–Crippen MR) is 140 cm³/mol. The van der Waals surface area contributed by atoms with Crippen LogP contribution in [-0.2, 0) is 20.7 Å². The van der Waals surface area contributed by atoms with Crippen LogP contribution in [0, 0.1) is 5.82 Å². The molecule has 2 amide bonds. The first-order chi connectivity index (χ1) is 18.4. The van der Waals surface area contributed by atoms with Gasteiger partial charge in [-0.3, -0.25) is 9.59 Å². The molecule has 0 N–H and O–H groups in total. The Balaban J connectivity index is 1.36. The highest BCUT2D eigenvalue weighted by Crippen LogP contribution is 2.36. The summed E-state index contributed by atoms with van der Waals surface area (Å²) < 4.78 is 20.7. The number of rotatable bonds is 6. The summed E-state index contributed by atoms with van der Waals surface area (Å²) in [7, 11) is 0. The van der Waals surface area contributed by atoms with Crippen LogP contribution in [0.1, 0.15) is 24.4 Å². The zero-order chi connectivity index (χ0) is 26.4. The molecule has 38 heavy (non-hydrogen) atoms. The lowest BCUT2D eigenvalue weighted by molar-refractivity contribution is -0.130. The molecule has 10 heteroatoms. The number of aromatic nitrogens is 3. The number of amides is 2. The van der Waals surface area contributed by atoms with E-state index in [0.29, 0.717) is 35.3 Å². The van der Waals surface area contributed by atoms with Crippen molar-refractivity contribution in [3.05, 3.63) is 98.9 Å². The van der Waals surface area contributed by atoms with Gasteiger partial charge in [-0.1, -0.05) is 28.1 Å². The molecular formula is C28H21BrFN5O3. The van der Waals surface area contributed by atoms with Gasteiger partial charge in [-0.05, 0) is 73.5 Å². The third kappa shape index (κ3) is 4.57. The van der Waals surface area contributed by atoms with E-state index >= 15 is 0 Å². The summed E-state index contributed by atoms with van der Waals surface area (Å²) >= 11 is 3.44. The lowest BCUT2D eigenvalue weighted by Gasteiger charge is -2.22. The number of benzene rings is 3. The van der Waals surface area contributed by atoms with Crippen molar-refractivity contribution in [3.8, 4) is 16.9 Å². The quantitative estimate of drug-likeness (QED) is 0.353. The fourth-order valence-electron chi connectivity index (χ4n) is 4.60. The molecule has 0 spiro atoms. The number of halogens is 2. The standard InChI is InChI=1S/C28H21BrFN5O3/c1-16-27(37)34(13-12-17-2-3-19-15-24(36)31-23(19)14-17)28(38-16)26-25(18-4-8-21(30)9-5-18)32-35(33-26)22-10-6-20(29)7-11-22/h2-11,14-16,28H,12-13H2,1H3/t16-,28+/m1/s1. The monoisotopic (exact) mass is 573 g/mol. The number of hydrogen-bond acceptors (Lipinski definition) is 5. The predicted octanol–water partition coefficient (Wildman–Crippen LogP) is 3.26. The molecule has 4 aromatic rings. The summed E-state index contributed by atoms with van der Waals surface area (Å²) in [4.78, 5) is 31.9. The van der Waals surface area contributed by atoms with Crippen LogP contribution in [0.5, 0.6) is 0 Å². The molecule has 190 valence electrons. The van der Waals surface area contributed by atoms with E-state index in [2.05, 4.69) is 20.9 Å². The van der Waals surface area contributed by atoms with Crippen molar-refractivity contribution in [2.45, 2.75) is 25.7 Å². The number of carbonyl (C=O) groups excluding carboxylic acids is 2. The van der Waals surface area contributed by atoms with E-state index in [1.165, 1.54) is 23.0 Å². The molecule has 3 aromatic carbocycles. The fourth-order valence-corrected chi connectivity index (χ4v) is 4.86. The summed E-state index contributed by atoms with van der Waals surface area (Å²) in [6.07, 6.45) is 0.583. The van der Waals surface area contributed by atoms with Crippen LogP contribution >= 0.6 is 15.9 Å². The van der Waals surface area contributed by atoms with Crippen molar-refractivity contribution < 1.29 is 18.7 Å². The summed E-state index contributed by atoms with van der Waals surface area (Å²) in [6.45, 7) is 2.07. The van der Waals surface area contributed by atoms with Gasteiger partial charge in [0.15, 0.2) is 6.23 Å². The molecule has 1 fully saturated rings. The summed E-state index contributed by atoms with van der Waals surface area (Å²) in [5, 5.41) is 10.9. The van der Waals surface area contributed by atoms with E-state index in [0.717, 1.165) is 20.9 Å². The van der Waals surface area contributed by atoms with Crippen molar-refractivity contribution in [3.63, 3.8) is 0 Å². The first kappa shape index (κ1) is 24.3. The van der Waals surface area contributed by atoms with Crippen LogP contribution < -0.4 is 10.6 Å². The van der Waals surface area contributed by atoms with Gasteiger partial charge in [0, 0.05) is 27.9 Å². The zero-order valence-electron chi connectivity index (χ0n) is 20.2. The van der Waals surface area contributed by atoms with Gasteiger partial charge in [0.1, 0.15) is 23.3 Å². The molecule has 2 aliphatic heterocycles. The van der Waals surface area contributed by atoms with E-state index in [4.69, 9.17) is 14.9 Å². The van der Waals surface area contributed by atoms with Gasteiger partial charge in [0.05, 0.1) is 11.0 Å². The smallest absolute Gasteiger partial charge is 0.270 e. The number of fused-ring (bicyclic) bond motifs is 1. The van der Waals surface area contributed by atoms with Crippen LogP contribution in [0.3, 0.4) is 0 Å². The van der Waals surface area contributed by atoms with Crippen molar-refractivity contribution in [1.82, 2.24) is 19.9 Å². The van der Waals surface area contributed by atoms with Gasteiger partial charge in [-0.25, -0.2) is 9.38 Å². The van der Waals surface area contributed by atoms with Gasteiger partial charge in [-0.15, -0.1) is 10.2 Å². The first-order valence-corrected chi connectivity index (χ1v) is 12.8. The van der Waals surface area contributed by atoms with Crippen molar-refractivity contribution in [2.24, 2.45) is 4.99 Å². The minimum Gasteiger partial charge on any atom is -0.339 e. The second-order valence-corrected chi connectivity index (χ2v) is 10.0. The molecule has 8 nitrogen and oxygen atoms in total. The fraction of sp³-hybridized carbons (Fsp3) is 0.179. The van der Waals surface area contributed by atoms with Crippen LogP contribution in [0.25, 0.3) is 23.0 Å². The Morgan fingerprint density at radius 1 is 1.00 bits per heavy atom. The number of ether oxygens (including phenoxy) is 1. The first-order valence-electron chi connectivity index (χ1n) is 12.0. The third-order valence-corrected chi connectivity index (χ3v) is 7.07. The van der Waals surface area contributed by atoms with Crippen molar-refractivity contribution in [2.75, 3.05) is 6.54 Å². The van der Waals surface area contributed by atoms with Gasteiger partial charge in [0.25, 0.3) is 11.8 Å². The summed E-state index contributed by atoms with van der Waals surface area (Å²) in [5.74, 6) is -0.789. The number of hydrogen-bond donors (Lipinski definition) is 0. The highest BCUT2D eigenvalue weighted by atomic mass is 79.9. The van der Waals surface area contributed by atoms with Crippen LogP contribution in [-0.4, -0.2) is 44.4 Å². The Labute approximate surface area is 225 Å². The van der Waals surface area contributed by atoms with Gasteiger partial charge >= 0.3 is 0 Å². The SMILES string of the molecule is C[C@H]1O[C@@H](c2nn(-c3ccc(Br)cc3)nc2-c2ccc(F)cc2)N(CCc2ccc3c(c2)=NC(=O)C=3)C1=O. The van der Waals surface area contributed by atoms with E-state index in [9.17, 15) is 14.0 Å². The average molecular weight is 574 g/mol. The normalized spacial score (nSPS) is 18.4. The minimum absolute atomic E-state index is 0.160. The maximum absolute atomic E-state index is 13.7. The molecular weight excluding hydrogens is 553 g/mol. The molecule has 1 aromatic heterocycles. The number of carbonyl (C=O) groups is 2. The molecule has 3 heterocycles. The molecule has 2 aliphatic rings. The molecule has 1 saturated heterocycles. The Morgan fingerprint density at radius 2 is 1.76 bits per heavy atom. The Bertz CT molecular complexity index is 1690. The van der Waals surface area contributed by atoms with E-state index in [1.54, 1.807) is 24.0 Å². The van der Waals surface area contributed by atoms with E-state index in [-0.39, 0.29) is 17.6 Å². The topological polar surface area (TPSA) is 89.7 Å². The summed E-state index contributed by atoms with van der Waals surface area (Å²) in [6, 6.07) is 19.1. The Morgan fingerprint density at radius 3 is 2.53 bits per heavy atom. The number of nitrogens with zero attached hydrogens (tertiary/aromatic N) is 5. The zero-order valence-corrected chi connectivity index (χ0v) is 21.8. The van der Waals surface area contributed by atoms with Crippen LogP contribution in [0.4, 0.5) is 4.39 Å². The minimum atomic E-state index is -0.782. The molecule has 0 radical (unpaired) electrons. The van der Waals surface area contributed by atoms with Gasteiger partial charge in [-0.2, -0.15) is 4.80 Å². The maximum atomic E-state index is 13.7.